The van der Waals surface area contributed by atoms with Gasteiger partial charge in [0.2, 0.25) is 21.8 Å². The fraction of sp³-hybridized carbons (Fsp3) is 0.310. The molecular formula is C29H33BrFN3O4S. The fourth-order valence-electron chi connectivity index (χ4n) is 4.03. The van der Waals surface area contributed by atoms with Gasteiger partial charge in [-0.2, -0.15) is 0 Å². The van der Waals surface area contributed by atoms with Gasteiger partial charge in [-0.15, -0.1) is 0 Å². The zero-order chi connectivity index (χ0) is 28.6. The first-order valence-electron chi connectivity index (χ1n) is 12.6. The molecule has 0 saturated carbocycles. The number of hydrogen-bond acceptors (Lipinski definition) is 4. The van der Waals surface area contributed by atoms with Crippen molar-refractivity contribution >= 4 is 43.5 Å². The molecule has 3 rings (SSSR count). The van der Waals surface area contributed by atoms with Gasteiger partial charge in [0.1, 0.15) is 18.4 Å². The summed E-state index contributed by atoms with van der Waals surface area (Å²) in [6, 6.07) is 20.9. The standard InChI is InChI=1S/C29H33BrFN3O4S/c1-4-21(2)32-29(36)27(18-22-10-6-5-7-11-22)33(19-23-14-16-24(30)17-15-23)28(35)20-34(39(3,37)38)26-13-9-8-12-25(26)31/h5-17,21,27H,4,18-20H2,1-3H3,(H,32,36). The maximum atomic E-state index is 14.7. The summed E-state index contributed by atoms with van der Waals surface area (Å²) in [7, 11) is -4.04. The molecule has 0 spiro atoms. The number of benzene rings is 3. The summed E-state index contributed by atoms with van der Waals surface area (Å²) < 4.78 is 41.7. The van der Waals surface area contributed by atoms with E-state index in [4.69, 9.17) is 0 Å². The highest BCUT2D eigenvalue weighted by molar-refractivity contribution is 9.10. The van der Waals surface area contributed by atoms with Crippen molar-refractivity contribution in [2.45, 2.75) is 45.3 Å². The maximum Gasteiger partial charge on any atom is 0.244 e. The number of nitrogens with zero attached hydrogens (tertiary/aromatic N) is 2. The highest BCUT2D eigenvalue weighted by Crippen LogP contribution is 2.23. The van der Waals surface area contributed by atoms with Crippen LogP contribution in [-0.4, -0.2) is 50.0 Å². The van der Waals surface area contributed by atoms with Crippen LogP contribution in [0.2, 0.25) is 0 Å². The molecule has 208 valence electrons. The van der Waals surface area contributed by atoms with Gasteiger partial charge in [0.05, 0.1) is 11.9 Å². The van der Waals surface area contributed by atoms with E-state index in [1.807, 2.05) is 68.4 Å². The second kappa shape index (κ2) is 13.7. The predicted octanol–water partition coefficient (Wildman–Crippen LogP) is 4.91. The van der Waals surface area contributed by atoms with Gasteiger partial charge in [0.15, 0.2) is 0 Å². The minimum atomic E-state index is -4.04. The van der Waals surface area contributed by atoms with Crippen molar-refractivity contribution in [2.24, 2.45) is 0 Å². The van der Waals surface area contributed by atoms with Crippen molar-refractivity contribution in [1.82, 2.24) is 10.2 Å². The van der Waals surface area contributed by atoms with Crippen LogP contribution in [0.1, 0.15) is 31.4 Å². The minimum absolute atomic E-state index is 0.0480. The van der Waals surface area contributed by atoms with Gasteiger partial charge >= 0.3 is 0 Å². The molecule has 3 aromatic rings. The number of sulfonamides is 1. The number of hydrogen-bond donors (Lipinski definition) is 1. The molecule has 1 N–H and O–H groups in total. The maximum absolute atomic E-state index is 14.7. The Bertz CT molecular complexity index is 1370. The Morgan fingerprint density at radius 3 is 2.15 bits per heavy atom. The average Bonchev–Trinajstić information content (AvgIpc) is 2.90. The van der Waals surface area contributed by atoms with Gasteiger partial charge in [0.25, 0.3) is 0 Å². The Kier molecular flexibility index (Phi) is 10.7. The van der Waals surface area contributed by atoms with Crippen LogP contribution in [0, 0.1) is 5.82 Å². The van der Waals surface area contributed by atoms with Crippen LogP contribution >= 0.6 is 15.9 Å². The van der Waals surface area contributed by atoms with E-state index < -0.39 is 34.3 Å². The van der Waals surface area contributed by atoms with Crippen LogP contribution in [0.15, 0.2) is 83.3 Å². The Hall–Kier alpha value is -3.24. The van der Waals surface area contributed by atoms with Crippen LogP contribution in [0.25, 0.3) is 0 Å². The van der Waals surface area contributed by atoms with E-state index in [2.05, 4.69) is 21.2 Å². The largest absolute Gasteiger partial charge is 0.352 e. The molecule has 39 heavy (non-hydrogen) atoms. The monoisotopic (exact) mass is 617 g/mol. The van der Waals surface area contributed by atoms with E-state index in [0.717, 1.165) is 32.2 Å². The summed E-state index contributed by atoms with van der Waals surface area (Å²) in [5.41, 5.74) is 1.35. The number of nitrogens with one attached hydrogen (secondary N) is 1. The molecule has 0 fully saturated rings. The van der Waals surface area contributed by atoms with E-state index in [1.54, 1.807) is 0 Å². The van der Waals surface area contributed by atoms with E-state index in [9.17, 15) is 22.4 Å². The molecule has 2 atom stereocenters. The lowest BCUT2D eigenvalue weighted by molar-refractivity contribution is -0.140. The molecule has 0 heterocycles. The van der Waals surface area contributed by atoms with Crippen LogP contribution in [-0.2, 0) is 32.6 Å². The average molecular weight is 619 g/mol. The van der Waals surface area contributed by atoms with E-state index in [-0.39, 0.29) is 30.6 Å². The van der Waals surface area contributed by atoms with Gasteiger partial charge in [-0.1, -0.05) is 77.5 Å². The molecule has 0 aromatic heterocycles. The molecule has 7 nitrogen and oxygen atoms in total. The van der Waals surface area contributed by atoms with Crippen molar-refractivity contribution in [3.05, 3.63) is 100 Å². The second-order valence-corrected chi connectivity index (χ2v) is 12.2. The Morgan fingerprint density at radius 2 is 1.56 bits per heavy atom. The van der Waals surface area contributed by atoms with Crippen molar-refractivity contribution in [2.75, 3.05) is 17.1 Å². The summed E-state index contributed by atoms with van der Waals surface area (Å²) in [5, 5.41) is 2.97. The first kappa shape index (κ1) is 30.3. The highest BCUT2D eigenvalue weighted by atomic mass is 79.9. The van der Waals surface area contributed by atoms with Gasteiger partial charge < -0.3 is 10.2 Å². The summed E-state index contributed by atoms with van der Waals surface area (Å²) >= 11 is 3.41. The van der Waals surface area contributed by atoms with Crippen molar-refractivity contribution in [3.63, 3.8) is 0 Å². The normalized spacial score (nSPS) is 12.8. The summed E-state index contributed by atoms with van der Waals surface area (Å²) in [5.74, 6) is -1.76. The van der Waals surface area contributed by atoms with Crippen molar-refractivity contribution in [3.8, 4) is 0 Å². The predicted molar refractivity (Wildman–Crippen MR) is 155 cm³/mol. The quantitative estimate of drug-likeness (QED) is 0.313. The zero-order valence-corrected chi connectivity index (χ0v) is 24.6. The number of anilines is 1. The number of amides is 2. The van der Waals surface area contributed by atoms with Crippen LogP contribution < -0.4 is 9.62 Å². The topological polar surface area (TPSA) is 86.8 Å². The third kappa shape index (κ3) is 8.63. The third-order valence-corrected chi connectivity index (χ3v) is 7.99. The first-order chi connectivity index (χ1) is 18.5. The van der Waals surface area contributed by atoms with Crippen molar-refractivity contribution in [1.29, 1.82) is 0 Å². The minimum Gasteiger partial charge on any atom is -0.352 e. The van der Waals surface area contributed by atoms with Crippen LogP contribution in [0.5, 0.6) is 0 Å². The molecule has 0 aliphatic heterocycles. The van der Waals surface area contributed by atoms with Crippen LogP contribution in [0.3, 0.4) is 0 Å². The van der Waals surface area contributed by atoms with E-state index in [1.165, 1.54) is 23.1 Å². The number of rotatable bonds is 12. The third-order valence-electron chi connectivity index (χ3n) is 6.34. The number of para-hydroxylation sites is 1. The lowest BCUT2D eigenvalue weighted by atomic mass is 10.0. The Labute approximate surface area is 238 Å². The smallest absolute Gasteiger partial charge is 0.244 e. The van der Waals surface area contributed by atoms with E-state index >= 15 is 0 Å². The number of halogens is 2. The summed E-state index contributed by atoms with van der Waals surface area (Å²) in [6.07, 6.45) is 1.83. The summed E-state index contributed by atoms with van der Waals surface area (Å²) in [4.78, 5) is 28.9. The van der Waals surface area contributed by atoms with Gasteiger partial charge in [0, 0.05) is 23.5 Å². The van der Waals surface area contributed by atoms with Gasteiger partial charge in [-0.05, 0) is 48.7 Å². The van der Waals surface area contributed by atoms with Crippen LogP contribution in [0.4, 0.5) is 10.1 Å². The zero-order valence-electron chi connectivity index (χ0n) is 22.2. The second-order valence-electron chi connectivity index (χ2n) is 9.39. The lowest BCUT2D eigenvalue weighted by Crippen LogP contribution is -2.54. The first-order valence-corrected chi connectivity index (χ1v) is 15.2. The molecule has 3 aromatic carbocycles. The number of carbonyl (C=O) groups excluding carboxylic acids is 2. The lowest BCUT2D eigenvalue weighted by Gasteiger charge is -2.34. The molecule has 10 heteroatoms. The highest BCUT2D eigenvalue weighted by Gasteiger charge is 2.34. The van der Waals surface area contributed by atoms with Crippen molar-refractivity contribution < 1.29 is 22.4 Å². The molecule has 2 unspecified atom stereocenters. The Morgan fingerprint density at radius 1 is 0.949 bits per heavy atom. The molecule has 0 aliphatic rings. The SMILES string of the molecule is CCC(C)NC(=O)C(Cc1ccccc1)N(Cc1ccc(Br)cc1)C(=O)CN(c1ccccc1F)S(C)(=O)=O. The Balaban J connectivity index is 2.06. The molecule has 0 saturated heterocycles. The molecule has 2 amide bonds. The molecular weight excluding hydrogens is 585 g/mol. The summed E-state index contributed by atoms with van der Waals surface area (Å²) in [6.45, 7) is 3.20. The van der Waals surface area contributed by atoms with E-state index in [0.29, 0.717) is 6.42 Å². The molecule has 0 aliphatic carbocycles. The van der Waals surface area contributed by atoms with Gasteiger partial charge in [-0.25, -0.2) is 12.8 Å². The number of carbonyl (C=O) groups is 2. The molecule has 0 radical (unpaired) electrons. The van der Waals surface area contributed by atoms with Gasteiger partial charge in [-0.3, -0.25) is 13.9 Å². The molecule has 0 bridgehead atoms. The fourth-order valence-corrected chi connectivity index (χ4v) is 5.14.